The third-order valence-electron chi connectivity index (χ3n) is 3.05. The van der Waals surface area contributed by atoms with Crippen LogP contribution in [0.4, 0.5) is 10.5 Å². The molecule has 1 saturated heterocycles. The van der Waals surface area contributed by atoms with E-state index >= 15 is 0 Å². The van der Waals surface area contributed by atoms with Crippen LogP contribution in [0.1, 0.15) is 27.2 Å². The number of ether oxygens (including phenoxy) is 2. The molecule has 1 aromatic rings. The molecule has 0 N–H and O–H groups in total. The number of likely N-dealkylation sites (tertiary alicyclic amines) is 1. The first-order valence-corrected chi connectivity index (χ1v) is 6.99. The molecule has 1 aliphatic rings. The van der Waals surface area contributed by atoms with Crippen LogP contribution in [0.15, 0.2) is 18.5 Å². The molecule has 0 aliphatic carbocycles. The van der Waals surface area contributed by atoms with Crippen molar-refractivity contribution in [1.29, 1.82) is 0 Å². The normalized spacial score (nSPS) is 18.1. The van der Waals surface area contributed by atoms with E-state index in [-0.39, 0.29) is 17.5 Å². The molecule has 1 fully saturated rings. The number of amides is 1. The van der Waals surface area contributed by atoms with E-state index in [0.29, 0.717) is 19.5 Å². The second-order valence-corrected chi connectivity index (χ2v) is 6.06. The summed E-state index contributed by atoms with van der Waals surface area (Å²) in [5.41, 5.74) is -0.738. The lowest BCUT2D eigenvalue weighted by Crippen LogP contribution is -2.36. The summed E-state index contributed by atoms with van der Waals surface area (Å²) in [6.45, 7) is 6.24. The topological polar surface area (TPSA) is 94.8 Å². The summed E-state index contributed by atoms with van der Waals surface area (Å²) in [5.74, 6) is 0.163. The van der Waals surface area contributed by atoms with Gasteiger partial charge in [-0.3, -0.25) is 15.1 Å². The Morgan fingerprint density at radius 3 is 2.86 bits per heavy atom. The number of nitrogens with zero attached hydrogens (tertiary/aromatic N) is 3. The van der Waals surface area contributed by atoms with Crippen LogP contribution in [-0.2, 0) is 4.74 Å². The fourth-order valence-electron chi connectivity index (χ4n) is 2.11. The SMILES string of the molecule is CC(C)(C)OC(=O)N1CC[C@@H](Oc2ccncc2[N+](=O)[O-])C1. The maximum atomic E-state index is 12.0. The van der Waals surface area contributed by atoms with Gasteiger partial charge in [0.25, 0.3) is 0 Å². The van der Waals surface area contributed by atoms with Gasteiger partial charge < -0.3 is 14.4 Å². The highest BCUT2D eigenvalue weighted by atomic mass is 16.6. The highest BCUT2D eigenvalue weighted by Gasteiger charge is 2.32. The van der Waals surface area contributed by atoms with Crippen LogP contribution in [0.3, 0.4) is 0 Å². The van der Waals surface area contributed by atoms with E-state index in [0.717, 1.165) is 6.20 Å². The fraction of sp³-hybridized carbons (Fsp3) is 0.571. The Kier molecular flexibility index (Phi) is 4.48. The van der Waals surface area contributed by atoms with Gasteiger partial charge in [0.15, 0.2) is 0 Å². The molecular formula is C14H19N3O5. The molecule has 2 rings (SSSR count). The Hall–Kier alpha value is -2.38. The van der Waals surface area contributed by atoms with Crippen LogP contribution >= 0.6 is 0 Å². The summed E-state index contributed by atoms with van der Waals surface area (Å²) in [7, 11) is 0. The summed E-state index contributed by atoms with van der Waals surface area (Å²) >= 11 is 0. The van der Waals surface area contributed by atoms with E-state index in [4.69, 9.17) is 9.47 Å². The maximum Gasteiger partial charge on any atom is 0.410 e. The first-order chi connectivity index (χ1) is 10.3. The van der Waals surface area contributed by atoms with Crippen molar-refractivity contribution in [1.82, 2.24) is 9.88 Å². The van der Waals surface area contributed by atoms with E-state index in [1.165, 1.54) is 12.3 Å². The van der Waals surface area contributed by atoms with Crippen molar-refractivity contribution >= 4 is 11.8 Å². The van der Waals surface area contributed by atoms with Crippen molar-refractivity contribution in [2.75, 3.05) is 13.1 Å². The number of aromatic nitrogens is 1. The van der Waals surface area contributed by atoms with Gasteiger partial charge in [0, 0.05) is 25.2 Å². The van der Waals surface area contributed by atoms with Gasteiger partial charge in [-0.2, -0.15) is 0 Å². The molecule has 1 amide bonds. The Labute approximate surface area is 128 Å². The van der Waals surface area contributed by atoms with Crippen molar-refractivity contribution in [3.8, 4) is 5.75 Å². The van der Waals surface area contributed by atoms with Gasteiger partial charge in [0.05, 0.1) is 11.5 Å². The quantitative estimate of drug-likeness (QED) is 0.628. The van der Waals surface area contributed by atoms with Gasteiger partial charge in [-0.25, -0.2) is 4.79 Å². The number of hydrogen-bond acceptors (Lipinski definition) is 6. The molecule has 0 aromatic carbocycles. The number of nitro groups is 1. The summed E-state index contributed by atoms with van der Waals surface area (Å²) in [6, 6.07) is 1.45. The minimum atomic E-state index is -0.556. The highest BCUT2D eigenvalue weighted by molar-refractivity contribution is 5.68. The third kappa shape index (κ3) is 4.06. The number of pyridine rings is 1. The molecule has 1 aliphatic heterocycles. The van der Waals surface area contributed by atoms with Crippen LogP contribution in [0.25, 0.3) is 0 Å². The molecule has 22 heavy (non-hydrogen) atoms. The predicted octanol–water partition coefficient (Wildman–Crippen LogP) is 2.38. The van der Waals surface area contributed by atoms with Gasteiger partial charge in [-0.1, -0.05) is 0 Å². The van der Waals surface area contributed by atoms with Crippen LogP contribution in [0.5, 0.6) is 5.75 Å². The molecule has 0 radical (unpaired) electrons. The number of carbonyl (C=O) groups excluding carboxylic acids is 1. The number of rotatable bonds is 3. The third-order valence-corrected chi connectivity index (χ3v) is 3.05. The van der Waals surface area contributed by atoms with Crippen molar-refractivity contribution in [3.63, 3.8) is 0 Å². The molecule has 120 valence electrons. The smallest absolute Gasteiger partial charge is 0.410 e. The van der Waals surface area contributed by atoms with Crippen LogP contribution in [0, 0.1) is 10.1 Å². The van der Waals surface area contributed by atoms with Crippen molar-refractivity contribution in [2.45, 2.75) is 38.9 Å². The molecule has 0 bridgehead atoms. The molecule has 8 heteroatoms. The zero-order valence-corrected chi connectivity index (χ0v) is 12.8. The minimum Gasteiger partial charge on any atom is -0.481 e. The summed E-state index contributed by atoms with van der Waals surface area (Å²) in [5, 5.41) is 10.9. The van der Waals surface area contributed by atoms with Crippen LogP contribution in [-0.4, -0.2) is 45.7 Å². The molecule has 0 unspecified atom stereocenters. The summed E-state index contributed by atoms with van der Waals surface area (Å²) in [4.78, 5) is 27.6. The fourth-order valence-corrected chi connectivity index (χ4v) is 2.11. The van der Waals surface area contributed by atoms with E-state index in [1.54, 1.807) is 25.7 Å². The first-order valence-electron chi connectivity index (χ1n) is 6.99. The second-order valence-electron chi connectivity index (χ2n) is 6.06. The summed E-state index contributed by atoms with van der Waals surface area (Å²) < 4.78 is 10.9. The Morgan fingerprint density at radius 2 is 2.23 bits per heavy atom. The molecule has 1 atom stereocenters. The molecule has 1 aromatic heterocycles. The highest BCUT2D eigenvalue weighted by Crippen LogP contribution is 2.28. The molecule has 2 heterocycles. The van der Waals surface area contributed by atoms with E-state index in [9.17, 15) is 14.9 Å². The average molecular weight is 309 g/mol. The van der Waals surface area contributed by atoms with Crippen molar-refractivity contribution in [3.05, 3.63) is 28.6 Å². The zero-order valence-electron chi connectivity index (χ0n) is 12.8. The standard InChI is InChI=1S/C14H19N3O5/c1-14(2,3)22-13(18)16-7-5-10(9-16)21-12-4-6-15-8-11(12)17(19)20/h4,6,8,10H,5,7,9H2,1-3H3/t10-/m1/s1. The largest absolute Gasteiger partial charge is 0.481 e. The monoisotopic (exact) mass is 309 g/mol. The van der Waals surface area contributed by atoms with Gasteiger partial charge in [-0.15, -0.1) is 0 Å². The molecule has 8 nitrogen and oxygen atoms in total. The Morgan fingerprint density at radius 1 is 1.50 bits per heavy atom. The van der Waals surface area contributed by atoms with E-state index in [1.807, 2.05) is 0 Å². The van der Waals surface area contributed by atoms with Crippen molar-refractivity contribution < 1.29 is 19.2 Å². The lowest BCUT2D eigenvalue weighted by atomic mass is 10.2. The lowest BCUT2D eigenvalue weighted by molar-refractivity contribution is -0.386. The minimum absolute atomic E-state index is 0.163. The van der Waals surface area contributed by atoms with Gasteiger partial charge in [-0.05, 0) is 20.8 Å². The summed E-state index contributed by atoms with van der Waals surface area (Å²) in [6.07, 6.45) is 2.48. The Balaban J connectivity index is 1.97. The van der Waals surface area contributed by atoms with Crippen LogP contribution in [0.2, 0.25) is 0 Å². The van der Waals surface area contributed by atoms with Crippen molar-refractivity contribution in [2.24, 2.45) is 0 Å². The second kappa shape index (κ2) is 6.17. The van der Waals surface area contributed by atoms with Gasteiger partial charge in [0.2, 0.25) is 5.75 Å². The first kappa shape index (κ1) is 16.0. The molecule has 0 spiro atoms. The van der Waals surface area contributed by atoms with E-state index in [2.05, 4.69) is 4.98 Å². The van der Waals surface area contributed by atoms with Crippen LogP contribution < -0.4 is 4.74 Å². The molecule has 0 saturated carbocycles. The predicted molar refractivity (Wildman–Crippen MR) is 77.7 cm³/mol. The Bertz CT molecular complexity index is 570. The average Bonchev–Trinajstić information content (AvgIpc) is 2.86. The molecular weight excluding hydrogens is 290 g/mol. The zero-order chi connectivity index (χ0) is 16.3. The lowest BCUT2D eigenvalue weighted by Gasteiger charge is -2.24. The maximum absolute atomic E-state index is 12.0. The number of carbonyl (C=O) groups is 1. The van der Waals surface area contributed by atoms with Gasteiger partial charge in [0.1, 0.15) is 17.9 Å². The van der Waals surface area contributed by atoms with Gasteiger partial charge >= 0.3 is 11.8 Å². The number of hydrogen-bond donors (Lipinski definition) is 0. The van der Waals surface area contributed by atoms with E-state index < -0.39 is 16.6 Å².